The summed E-state index contributed by atoms with van der Waals surface area (Å²) in [6, 6.07) is 6.53. The molecule has 0 heterocycles. The molecule has 3 nitrogen and oxygen atoms in total. The van der Waals surface area contributed by atoms with Crippen LogP contribution in [0.3, 0.4) is 0 Å². The van der Waals surface area contributed by atoms with Crippen LogP contribution in [0.1, 0.15) is 30.0 Å². The van der Waals surface area contributed by atoms with Crippen LogP contribution in [0.25, 0.3) is 0 Å². The molecule has 18 heavy (non-hydrogen) atoms. The largest absolute Gasteiger partial charge is 0.469 e. The van der Waals surface area contributed by atoms with E-state index >= 15 is 0 Å². The second kappa shape index (κ2) is 7.17. The molecule has 0 atom stereocenters. The minimum Gasteiger partial charge on any atom is -0.469 e. The van der Waals surface area contributed by atoms with Crippen molar-refractivity contribution in [2.45, 2.75) is 33.7 Å². The van der Waals surface area contributed by atoms with Crippen molar-refractivity contribution in [1.82, 2.24) is 4.90 Å². The van der Waals surface area contributed by atoms with E-state index in [1.54, 1.807) is 0 Å². The summed E-state index contributed by atoms with van der Waals surface area (Å²) in [6.45, 7) is 8.92. The molecule has 0 amide bonds. The normalized spacial score (nSPS) is 10.7. The lowest BCUT2D eigenvalue weighted by Gasteiger charge is -2.20. The molecule has 0 aliphatic carbocycles. The number of hydrogen-bond donors (Lipinski definition) is 0. The summed E-state index contributed by atoms with van der Waals surface area (Å²) in [5.74, 6) is -0.145. The Bertz CT molecular complexity index is 401. The fraction of sp³-hybridized carbons (Fsp3) is 0.533. The average Bonchev–Trinajstić information content (AvgIpc) is 2.38. The van der Waals surface area contributed by atoms with Crippen molar-refractivity contribution in [1.29, 1.82) is 0 Å². The molecule has 0 spiro atoms. The first-order chi connectivity index (χ1) is 8.56. The maximum Gasteiger partial charge on any atom is 0.306 e. The van der Waals surface area contributed by atoms with Crippen molar-refractivity contribution >= 4 is 5.97 Å². The van der Waals surface area contributed by atoms with Gasteiger partial charge in [-0.3, -0.25) is 9.69 Å². The molecule has 0 N–H and O–H groups in total. The summed E-state index contributed by atoms with van der Waals surface area (Å²) in [4.78, 5) is 13.4. The van der Waals surface area contributed by atoms with Crippen LogP contribution in [-0.4, -0.2) is 31.1 Å². The Kier molecular flexibility index (Phi) is 5.86. The molecule has 0 aromatic heterocycles. The predicted octanol–water partition coefficient (Wildman–Crippen LogP) is 2.69. The molecular formula is C15H23NO2. The van der Waals surface area contributed by atoms with E-state index in [1.165, 1.54) is 23.8 Å². The fourth-order valence-electron chi connectivity index (χ4n) is 1.86. The van der Waals surface area contributed by atoms with Gasteiger partial charge in [0.2, 0.25) is 0 Å². The van der Waals surface area contributed by atoms with Gasteiger partial charge in [-0.25, -0.2) is 0 Å². The Labute approximate surface area is 110 Å². The van der Waals surface area contributed by atoms with E-state index < -0.39 is 0 Å². The summed E-state index contributed by atoms with van der Waals surface area (Å²) in [5, 5.41) is 0. The summed E-state index contributed by atoms with van der Waals surface area (Å²) in [5.41, 5.74) is 3.93. The smallest absolute Gasteiger partial charge is 0.306 e. The number of ether oxygens (including phenoxy) is 1. The van der Waals surface area contributed by atoms with Gasteiger partial charge in [-0.2, -0.15) is 0 Å². The van der Waals surface area contributed by atoms with E-state index in [-0.39, 0.29) is 5.97 Å². The Morgan fingerprint density at radius 3 is 2.56 bits per heavy atom. The van der Waals surface area contributed by atoms with Gasteiger partial charge in [0.15, 0.2) is 0 Å². The van der Waals surface area contributed by atoms with Gasteiger partial charge >= 0.3 is 5.97 Å². The van der Waals surface area contributed by atoms with Crippen molar-refractivity contribution in [3.8, 4) is 0 Å². The van der Waals surface area contributed by atoms with Crippen LogP contribution in [0.4, 0.5) is 0 Å². The molecule has 1 aromatic rings. The highest BCUT2D eigenvalue weighted by molar-refractivity contribution is 5.69. The number of carbonyl (C=O) groups excluding carboxylic acids is 1. The first kappa shape index (κ1) is 14.7. The number of nitrogens with zero attached hydrogens (tertiary/aromatic N) is 1. The van der Waals surface area contributed by atoms with Crippen molar-refractivity contribution in [2.24, 2.45) is 0 Å². The average molecular weight is 249 g/mol. The van der Waals surface area contributed by atoms with Crippen molar-refractivity contribution in [3.05, 3.63) is 34.9 Å². The van der Waals surface area contributed by atoms with Crippen LogP contribution < -0.4 is 0 Å². The highest BCUT2D eigenvalue weighted by atomic mass is 16.5. The van der Waals surface area contributed by atoms with Crippen LogP contribution in [0.5, 0.6) is 0 Å². The molecule has 0 aliphatic heterocycles. The molecule has 0 saturated heterocycles. The minimum atomic E-state index is -0.145. The third-order valence-corrected chi connectivity index (χ3v) is 3.28. The molecule has 0 bridgehead atoms. The van der Waals surface area contributed by atoms with Gasteiger partial charge in [-0.1, -0.05) is 25.1 Å². The molecule has 0 radical (unpaired) electrons. The maximum atomic E-state index is 11.1. The van der Waals surface area contributed by atoms with Crippen LogP contribution >= 0.6 is 0 Å². The maximum absolute atomic E-state index is 11.1. The van der Waals surface area contributed by atoms with E-state index in [0.717, 1.165) is 19.6 Å². The van der Waals surface area contributed by atoms with Crippen LogP contribution in [0, 0.1) is 13.8 Å². The lowest BCUT2D eigenvalue weighted by Crippen LogP contribution is -2.26. The van der Waals surface area contributed by atoms with Crippen LogP contribution in [0.2, 0.25) is 0 Å². The third-order valence-electron chi connectivity index (χ3n) is 3.28. The summed E-state index contributed by atoms with van der Waals surface area (Å²) < 4.78 is 4.66. The molecule has 1 rings (SSSR count). The van der Waals surface area contributed by atoms with E-state index in [1.807, 2.05) is 0 Å². The van der Waals surface area contributed by atoms with Gasteiger partial charge < -0.3 is 4.74 Å². The first-order valence-corrected chi connectivity index (χ1v) is 6.42. The number of aryl methyl sites for hydroxylation is 2. The monoisotopic (exact) mass is 249 g/mol. The van der Waals surface area contributed by atoms with Gasteiger partial charge in [-0.15, -0.1) is 0 Å². The zero-order valence-corrected chi connectivity index (χ0v) is 11.8. The second-order valence-electron chi connectivity index (χ2n) is 4.61. The highest BCUT2D eigenvalue weighted by Crippen LogP contribution is 2.12. The summed E-state index contributed by atoms with van der Waals surface area (Å²) >= 11 is 0. The first-order valence-electron chi connectivity index (χ1n) is 6.42. The van der Waals surface area contributed by atoms with E-state index in [2.05, 4.69) is 48.6 Å². The Morgan fingerprint density at radius 2 is 2.00 bits per heavy atom. The van der Waals surface area contributed by atoms with E-state index in [4.69, 9.17) is 0 Å². The molecule has 3 heteroatoms. The fourth-order valence-corrected chi connectivity index (χ4v) is 1.86. The number of carbonyl (C=O) groups is 1. The molecule has 100 valence electrons. The Morgan fingerprint density at radius 1 is 1.28 bits per heavy atom. The molecule has 0 saturated carbocycles. The summed E-state index contributed by atoms with van der Waals surface area (Å²) in [6.07, 6.45) is 0.454. The van der Waals surface area contributed by atoms with Crippen molar-refractivity contribution in [3.63, 3.8) is 0 Å². The van der Waals surface area contributed by atoms with Gasteiger partial charge in [0.25, 0.3) is 0 Å². The minimum absolute atomic E-state index is 0.145. The number of hydrogen-bond acceptors (Lipinski definition) is 3. The zero-order valence-electron chi connectivity index (χ0n) is 11.8. The van der Waals surface area contributed by atoms with Crippen molar-refractivity contribution < 1.29 is 9.53 Å². The Balaban J connectivity index is 2.56. The van der Waals surface area contributed by atoms with Crippen LogP contribution in [-0.2, 0) is 16.1 Å². The SMILES string of the molecule is CCN(CCC(=O)OC)Cc1ccc(C)c(C)c1. The number of esters is 1. The predicted molar refractivity (Wildman–Crippen MR) is 73.5 cm³/mol. The van der Waals surface area contributed by atoms with E-state index in [9.17, 15) is 4.79 Å². The number of rotatable bonds is 6. The molecule has 0 fully saturated rings. The lowest BCUT2D eigenvalue weighted by atomic mass is 10.1. The van der Waals surface area contributed by atoms with Gasteiger partial charge in [-0.05, 0) is 37.1 Å². The van der Waals surface area contributed by atoms with Crippen LogP contribution in [0.15, 0.2) is 18.2 Å². The van der Waals surface area contributed by atoms with Crippen molar-refractivity contribution in [2.75, 3.05) is 20.2 Å². The number of methoxy groups -OCH3 is 1. The van der Waals surface area contributed by atoms with Gasteiger partial charge in [0.05, 0.1) is 13.5 Å². The number of benzene rings is 1. The molecule has 1 aromatic carbocycles. The van der Waals surface area contributed by atoms with Gasteiger partial charge in [0, 0.05) is 13.1 Å². The van der Waals surface area contributed by atoms with Gasteiger partial charge in [0.1, 0.15) is 0 Å². The Hall–Kier alpha value is -1.35. The topological polar surface area (TPSA) is 29.5 Å². The molecular weight excluding hydrogens is 226 g/mol. The van der Waals surface area contributed by atoms with E-state index in [0.29, 0.717) is 6.42 Å². The summed E-state index contributed by atoms with van der Waals surface area (Å²) in [7, 11) is 1.43. The quantitative estimate of drug-likeness (QED) is 0.726. The standard InChI is InChI=1S/C15H23NO2/c1-5-16(9-8-15(17)18-4)11-14-7-6-12(2)13(3)10-14/h6-7,10H,5,8-9,11H2,1-4H3. The second-order valence-corrected chi connectivity index (χ2v) is 4.61. The molecule has 0 aliphatic rings. The third kappa shape index (κ3) is 4.49. The lowest BCUT2D eigenvalue weighted by molar-refractivity contribution is -0.141. The zero-order chi connectivity index (χ0) is 13.5. The molecule has 0 unspecified atom stereocenters. The highest BCUT2D eigenvalue weighted by Gasteiger charge is 2.07.